The summed E-state index contributed by atoms with van der Waals surface area (Å²) in [6.45, 7) is 4.21. The van der Waals surface area contributed by atoms with E-state index < -0.39 is 0 Å². The second-order valence-electron chi connectivity index (χ2n) is 18.4. The Bertz CT molecular complexity index is 2500. The highest BCUT2D eigenvalue weighted by Crippen LogP contribution is 2.42. The predicted octanol–water partition coefficient (Wildman–Crippen LogP) is 14.2. The average molecular weight is 1020 g/mol. The van der Waals surface area contributed by atoms with E-state index >= 15 is 0 Å². The van der Waals surface area contributed by atoms with Crippen molar-refractivity contribution in [3.8, 4) is 12.4 Å². The van der Waals surface area contributed by atoms with E-state index in [1.54, 1.807) is 0 Å². The van der Waals surface area contributed by atoms with Crippen LogP contribution in [0.25, 0.3) is 21.8 Å². The first-order valence-electron chi connectivity index (χ1n) is 23.6. The third kappa shape index (κ3) is 12.9. The molecular formula is C56H70Br2N6O2. The molecule has 2 aromatic heterocycles. The van der Waals surface area contributed by atoms with E-state index in [9.17, 15) is 10.5 Å². The van der Waals surface area contributed by atoms with E-state index in [-0.39, 0.29) is 27.6 Å². The highest BCUT2D eigenvalue weighted by Gasteiger charge is 2.33. The normalized spacial score (nSPS) is 21.7. The fourth-order valence-corrected chi connectivity index (χ4v) is 11.5. The molecule has 0 spiro atoms. The van der Waals surface area contributed by atoms with Crippen LogP contribution in [0.15, 0.2) is 106 Å². The van der Waals surface area contributed by atoms with Crippen LogP contribution in [-0.2, 0) is 37.2 Å². The summed E-state index contributed by atoms with van der Waals surface area (Å²) < 4.78 is 8.80. The van der Waals surface area contributed by atoms with Crippen molar-refractivity contribution in [3.05, 3.63) is 140 Å². The lowest BCUT2D eigenvalue weighted by molar-refractivity contribution is 0.00462. The Morgan fingerprint density at radius 1 is 0.591 bits per heavy atom. The number of nitriles is 2. The third-order valence-electron chi connectivity index (χ3n) is 14.4. The highest BCUT2D eigenvalue weighted by molar-refractivity contribution is 9.10. The molecule has 66 heavy (non-hydrogen) atoms. The highest BCUT2D eigenvalue weighted by atomic mass is 79.9. The average Bonchev–Trinajstić information content (AvgIpc) is 3.89. The monoisotopic (exact) mass is 1020 g/mol. The minimum Gasteiger partial charge on any atom is -0.392 e. The van der Waals surface area contributed by atoms with Gasteiger partial charge in [-0.1, -0.05) is 146 Å². The molecule has 6 aromatic rings. The molecule has 5 atom stereocenters. The van der Waals surface area contributed by atoms with E-state index in [1.807, 2.05) is 34.1 Å². The Balaban J connectivity index is 0.000000185. The second-order valence-corrected chi connectivity index (χ2v) is 20.2. The van der Waals surface area contributed by atoms with Crippen molar-refractivity contribution in [2.24, 2.45) is 23.7 Å². The number of benzene rings is 4. The molecule has 0 saturated heterocycles. The van der Waals surface area contributed by atoms with Crippen LogP contribution < -0.4 is 0 Å². The number of aromatic nitrogens is 2. The maximum Gasteiger partial charge on any atom is 0.179 e. The largest absolute Gasteiger partial charge is 0.392 e. The first-order valence-corrected chi connectivity index (χ1v) is 25.2. The molecule has 350 valence electrons. The van der Waals surface area contributed by atoms with Gasteiger partial charge >= 0.3 is 0 Å². The minimum absolute atomic E-state index is 0. The Morgan fingerprint density at radius 3 is 1.68 bits per heavy atom. The number of halogens is 2. The molecule has 0 radical (unpaired) electrons. The predicted molar refractivity (Wildman–Crippen MR) is 277 cm³/mol. The first kappa shape index (κ1) is 50.8. The zero-order valence-electron chi connectivity index (χ0n) is 37.0. The summed E-state index contributed by atoms with van der Waals surface area (Å²) in [7, 11) is 0. The van der Waals surface area contributed by atoms with E-state index in [2.05, 4.69) is 127 Å². The fourth-order valence-electron chi connectivity index (χ4n) is 10.9. The number of rotatable bonds is 4. The van der Waals surface area contributed by atoms with Crippen molar-refractivity contribution in [2.45, 2.75) is 118 Å². The molecule has 0 amide bonds. The molecule has 4 heterocycles. The number of aryl methyl sites for hydroxylation is 1. The van der Waals surface area contributed by atoms with Crippen LogP contribution in [0.1, 0.15) is 119 Å². The van der Waals surface area contributed by atoms with E-state index in [1.165, 1.54) is 102 Å². The van der Waals surface area contributed by atoms with Crippen molar-refractivity contribution < 1.29 is 9.84 Å². The SMILES string of the molecule is C.C.N#CN1CCc2c([nH]c3ccccc23)C(OCc2ccc(Br)cc2)CC2CCCCC2C1.N#CN1CCc2c([nH]c3ccccc23)CCC2CCCCC2C1.OCc1ccc(Br)cc1. The minimum atomic E-state index is 0. The molecule has 2 saturated carbocycles. The molecular weight excluding hydrogens is 948 g/mol. The van der Waals surface area contributed by atoms with Crippen LogP contribution in [0.4, 0.5) is 0 Å². The Hall–Kier alpha value is -4.58. The fraction of sp³-hybridized carbons (Fsp3) is 0.464. The number of para-hydroxylation sites is 2. The summed E-state index contributed by atoms with van der Waals surface area (Å²) >= 11 is 6.82. The van der Waals surface area contributed by atoms with Crippen LogP contribution in [0.5, 0.6) is 0 Å². The van der Waals surface area contributed by atoms with Crippen LogP contribution in [-0.4, -0.2) is 51.1 Å². The smallest absolute Gasteiger partial charge is 0.179 e. The van der Waals surface area contributed by atoms with Gasteiger partial charge in [0.05, 0.1) is 19.3 Å². The Morgan fingerprint density at radius 2 is 1.09 bits per heavy atom. The topological polar surface area (TPSA) is 115 Å². The molecule has 10 rings (SSSR count). The molecule has 4 aromatic carbocycles. The number of ether oxygens (including phenoxy) is 1. The van der Waals surface area contributed by atoms with Crippen molar-refractivity contribution in [1.82, 2.24) is 19.8 Å². The van der Waals surface area contributed by atoms with Crippen LogP contribution >= 0.6 is 31.9 Å². The van der Waals surface area contributed by atoms with Gasteiger partial charge in [0.25, 0.3) is 0 Å². The van der Waals surface area contributed by atoms with Gasteiger partial charge in [-0.05, 0) is 127 Å². The summed E-state index contributed by atoms with van der Waals surface area (Å²) in [5.74, 6) is 2.67. The maximum atomic E-state index is 9.79. The lowest BCUT2D eigenvalue weighted by atomic mass is 9.75. The quantitative estimate of drug-likeness (QED) is 0.152. The standard InChI is InChI=1S/C27H30BrN3O.C20H25N3.C7H7BrO.2CH4/c28-22-11-9-19(10-12-22)17-32-26-15-20-5-1-2-6-21(20)16-31(18-29)14-13-24-23-7-3-4-8-25(23)30-27(24)26;21-14-23-12-11-18-17-7-3-4-8-19(17)22-20(18)10-9-15-5-1-2-6-16(15)13-23;8-7-3-1-6(5-9)2-4-7;;/h3-4,7-12,20-21,26,30H,1-2,5-6,13-17H2;3-4,7-8,15-16,22H,1-2,5-6,9-13H2;1-4,9H,5H2;2*1H4. The van der Waals surface area contributed by atoms with E-state index in [0.717, 1.165) is 77.8 Å². The number of nitrogens with zero attached hydrogens (tertiary/aromatic N) is 4. The summed E-state index contributed by atoms with van der Waals surface area (Å²) in [5.41, 5.74) is 9.93. The first-order chi connectivity index (χ1) is 31.4. The number of aromatic amines is 2. The van der Waals surface area contributed by atoms with Gasteiger partial charge in [0.1, 0.15) is 0 Å². The summed E-state index contributed by atoms with van der Waals surface area (Å²) in [6.07, 6.45) is 20.6. The van der Waals surface area contributed by atoms with Gasteiger partial charge in [0.2, 0.25) is 0 Å². The summed E-state index contributed by atoms with van der Waals surface area (Å²) in [5, 5.41) is 30.6. The number of H-pyrrole nitrogens is 2. The zero-order chi connectivity index (χ0) is 44.3. The molecule has 10 heteroatoms. The zero-order valence-corrected chi connectivity index (χ0v) is 40.1. The maximum absolute atomic E-state index is 9.79. The number of aliphatic hydroxyl groups is 1. The number of hydrogen-bond donors (Lipinski definition) is 3. The Labute approximate surface area is 411 Å². The molecule has 0 bridgehead atoms. The lowest BCUT2D eigenvalue weighted by Crippen LogP contribution is -2.35. The number of nitrogens with one attached hydrogen (secondary N) is 2. The van der Waals surface area contributed by atoms with Gasteiger partial charge < -0.3 is 29.6 Å². The molecule has 3 N–H and O–H groups in total. The molecule has 4 aliphatic rings. The van der Waals surface area contributed by atoms with Gasteiger partial charge in [-0.25, -0.2) is 0 Å². The van der Waals surface area contributed by atoms with Crippen molar-refractivity contribution in [2.75, 3.05) is 26.2 Å². The van der Waals surface area contributed by atoms with Crippen LogP contribution in [0.2, 0.25) is 0 Å². The second kappa shape index (κ2) is 25.0. The van der Waals surface area contributed by atoms with Gasteiger partial charge in [-0.15, -0.1) is 0 Å². The van der Waals surface area contributed by atoms with Gasteiger partial charge in [-0.3, -0.25) is 0 Å². The summed E-state index contributed by atoms with van der Waals surface area (Å²) in [6, 6.07) is 33.1. The number of hydrogen-bond acceptors (Lipinski definition) is 6. The molecule has 2 aliphatic heterocycles. The van der Waals surface area contributed by atoms with E-state index in [4.69, 9.17) is 9.84 Å². The van der Waals surface area contributed by atoms with Crippen molar-refractivity contribution in [1.29, 1.82) is 10.5 Å². The van der Waals surface area contributed by atoms with Gasteiger partial charge in [0.15, 0.2) is 12.4 Å². The molecule has 2 fully saturated rings. The van der Waals surface area contributed by atoms with Gasteiger partial charge in [-0.2, -0.15) is 10.5 Å². The van der Waals surface area contributed by atoms with Gasteiger partial charge in [0, 0.05) is 68.3 Å². The number of fused-ring (bicyclic) bond motifs is 8. The van der Waals surface area contributed by atoms with Crippen LogP contribution in [0.3, 0.4) is 0 Å². The lowest BCUT2D eigenvalue weighted by Gasteiger charge is -2.37. The third-order valence-corrected chi connectivity index (χ3v) is 15.5. The number of aliphatic hydroxyl groups excluding tert-OH is 1. The molecule has 5 unspecified atom stereocenters. The van der Waals surface area contributed by atoms with E-state index in [0.29, 0.717) is 24.4 Å². The molecule has 8 nitrogen and oxygen atoms in total. The van der Waals surface area contributed by atoms with Crippen LogP contribution in [0, 0.1) is 46.6 Å². The van der Waals surface area contributed by atoms with Crippen molar-refractivity contribution >= 4 is 53.7 Å². The Kier molecular flexibility index (Phi) is 19.2. The summed E-state index contributed by atoms with van der Waals surface area (Å²) in [4.78, 5) is 11.4. The molecule has 2 aliphatic carbocycles. The van der Waals surface area contributed by atoms with Crippen molar-refractivity contribution in [3.63, 3.8) is 0 Å².